The quantitative estimate of drug-likeness (QED) is 0.699. The molecule has 1 amide bonds. The van der Waals surface area contributed by atoms with Crippen LogP contribution in [0.2, 0.25) is 0 Å². The molecule has 0 bridgehead atoms. The van der Waals surface area contributed by atoms with E-state index in [0.717, 1.165) is 10.2 Å². The summed E-state index contributed by atoms with van der Waals surface area (Å²) in [5.41, 5.74) is 6.18. The van der Waals surface area contributed by atoms with E-state index >= 15 is 0 Å². The average molecular weight is 357 g/mol. The number of benzene rings is 2. The van der Waals surface area contributed by atoms with Crippen LogP contribution in [0, 0.1) is 0 Å². The van der Waals surface area contributed by atoms with E-state index in [2.05, 4.69) is 15.8 Å². The van der Waals surface area contributed by atoms with E-state index in [1.807, 2.05) is 30.3 Å². The second-order valence-electron chi connectivity index (χ2n) is 5.30. The number of hydrogen-bond donors (Lipinski definition) is 2. The minimum atomic E-state index is -0.730. The first-order valence-electron chi connectivity index (χ1n) is 7.62. The molecule has 25 heavy (non-hydrogen) atoms. The van der Waals surface area contributed by atoms with Crippen LogP contribution in [0.1, 0.15) is 0 Å². The van der Waals surface area contributed by atoms with E-state index in [1.54, 1.807) is 19.2 Å². The highest BCUT2D eigenvalue weighted by Crippen LogP contribution is 2.32. The lowest BCUT2D eigenvalue weighted by atomic mass is 10.2. The van der Waals surface area contributed by atoms with Crippen molar-refractivity contribution in [3.63, 3.8) is 0 Å². The number of thiazole rings is 1. The molecule has 1 aliphatic heterocycles. The van der Waals surface area contributed by atoms with Gasteiger partial charge in [0.1, 0.15) is 17.9 Å². The maximum atomic E-state index is 12.3. The van der Waals surface area contributed by atoms with Gasteiger partial charge in [-0.3, -0.25) is 15.6 Å². The molecule has 4 rings (SSSR count). The lowest BCUT2D eigenvalue weighted by Crippen LogP contribution is -2.45. The Morgan fingerprint density at radius 2 is 2.08 bits per heavy atom. The van der Waals surface area contributed by atoms with Gasteiger partial charge in [-0.05, 0) is 24.3 Å². The Balaban J connectivity index is 1.42. The van der Waals surface area contributed by atoms with Gasteiger partial charge in [0.2, 0.25) is 11.2 Å². The van der Waals surface area contributed by atoms with E-state index in [1.165, 1.54) is 11.3 Å². The van der Waals surface area contributed by atoms with Gasteiger partial charge in [0.05, 0.1) is 11.8 Å². The molecule has 1 atom stereocenters. The fraction of sp³-hybridized carbons (Fsp3) is 0.176. The van der Waals surface area contributed by atoms with Crippen molar-refractivity contribution in [3.8, 4) is 17.2 Å². The summed E-state index contributed by atoms with van der Waals surface area (Å²) in [6.45, 7) is 0.151. The summed E-state index contributed by atoms with van der Waals surface area (Å²) >= 11 is 1.42. The number of anilines is 1. The van der Waals surface area contributed by atoms with Gasteiger partial charge >= 0.3 is 0 Å². The second-order valence-corrected chi connectivity index (χ2v) is 6.34. The average Bonchev–Trinajstić information content (AvgIpc) is 3.08. The molecule has 0 saturated heterocycles. The first-order chi connectivity index (χ1) is 12.2. The number of para-hydroxylation sites is 3. The topological polar surface area (TPSA) is 81.7 Å². The highest BCUT2D eigenvalue weighted by molar-refractivity contribution is 7.22. The molecular formula is C17H15N3O4S. The third kappa shape index (κ3) is 3.03. The number of methoxy groups -OCH3 is 1. The van der Waals surface area contributed by atoms with Crippen LogP contribution in [0.3, 0.4) is 0 Å². The molecular weight excluding hydrogens is 342 g/mol. The van der Waals surface area contributed by atoms with Crippen LogP contribution in [0.15, 0.2) is 42.5 Å². The minimum absolute atomic E-state index is 0.151. The lowest BCUT2D eigenvalue weighted by molar-refractivity contribution is -0.129. The summed E-state index contributed by atoms with van der Waals surface area (Å²) in [6.07, 6.45) is -0.730. The Morgan fingerprint density at radius 1 is 1.24 bits per heavy atom. The number of carbonyl (C=O) groups is 1. The molecule has 0 saturated carbocycles. The Hall–Kier alpha value is -3.00. The summed E-state index contributed by atoms with van der Waals surface area (Å²) in [7, 11) is 1.60. The standard InChI is InChI=1S/C17H15N3O4S/c1-22-12-7-4-8-14-15(12)18-17(25-14)20-19-16(21)13-9-23-10-5-2-3-6-11(10)24-13/h2-8,13H,9H2,1H3,(H,18,20)(H,19,21)/t13-/m0/s1. The number of rotatable bonds is 4. The van der Waals surface area contributed by atoms with Gasteiger partial charge in [-0.1, -0.05) is 29.5 Å². The van der Waals surface area contributed by atoms with Crippen LogP contribution < -0.4 is 25.1 Å². The van der Waals surface area contributed by atoms with E-state index in [-0.39, 0.29) is 12.5 Å². The van der Waals surface area contributed by atoms with E-state index in [0.29, 0.717) is 22.4 Å². The van der Waals surface area contributed by atoms with Gasteiger partial charge in [-0.25, -0.2) is 4.98 Å². The molecule has 2 N–H and O–H groups in total. The molecule has 2 heterocycles. The van der Waals surface area contributed by atoms with E-state index in [4.69, 9.17) is 14.2 Å². The molecule has 0 fully saturated rings. The molecule has 7 nitrogen and oxygen atoms in total. The second kappa shape index (κ2) is 6.48. The molecule has 1 aliphatic rings. The van der Waals surface area contributed by atoms with Crippen molar-refractivity contribution in [3.05, 3.63) is 42.5 Å². The first-order valence-corrected chi connectivity index (χ1v) is 8.44. The Morgan fingerprint density at radius 3 is 2.92 bits per heavy atom. The number of nitrogens with zero attached hydrogens (tertiary/aromatic N) is 1. The van der Waals surface area contributed by atoms with Gasteiger partial charge in [0.25, 0.3) is 5.91 Å². The first kappa shape index (κ1) is 15.5. The maximum absolute atomic E-state index is 12.3. The number of aromatic nitrogens is 1. The van der Waals surface area contributed by atoms with Crippen LogP contribution in [0.5, 0.6) is 17.2 Å². The number of nitrogens with one attached hydrogen (secondary N) is 2. The lowest BCUT2D eigenvalue weighted by Gasteiger charge is -2.25. The smallest absolute Gasteiger partial charge is 0.283 e. The zero-order valence-corrected chi connectivity index (χ0v) is 14.1. The highest BCUT2D eigenvalue weighted by Gasteiger charge is 2.27. The largest absolute Gasteiger partial charge is 0.494 e. The van der Waals surface area contributed by atoms with Crippen molar-refractivity contribution in [2.24, 2.45) is 0 Å². The predicted molar refractivity (Wildman–Crippen MR) is 94.3 cm³/mol. The number of carbonyl (C=O) groups excluding carboxylic acids is 1. The van der Waals surface area contributed by atoms with Crippen molar-refractivity contribution in [2.45, 2.75) is 6.10 Å². The van der Waals surface area contributed by atoms with Gasteiger partial charge in [-0.15, -0.1) is 0 Å². The van der Waals surface area contributed by atoms with Crippen LogP contribution in [-0.2, 0) is 4.79 Å². The van der Waals surface area contributed by atoms with Gasteiger partial charge in [0.15, 0.2) is 11.5 Å². The summed E-state index contributed by atoms with van der Waals surface area (Å²) in [4.78, 5) is 16.7. The molecule has 0 aliphatic carbocycles. The summed E-state index contributed by atoms with van der Waals surface area (Å²) in [5, 5.41) is 0.560. The molecule has 1 aromatic heterocycles. The Kier molecular flexibility index (Phi) is 4.02. The summed E-state index contributed by atoms with van der Waals surface area (Å²) in [6, 6.07) is 12.9. The number of hydrogen-bond acceptors (Lipinski definition) is 7. The maximum Gasteiger partial charge on any atom is 0.283 e. The van der Waals surface area contributed by atoms with Crippen molar-refractivity contribution >= 4 is 32.6 Å². The fourth-order valence-electron chi connectivity index (χ4n) is 2.49. The molecule has 0 unspecified atom stereocenters. The van der Waals surface area contributed by atoms with E-state index in [9.17, 15) is 4.79 Å². The fourth-order valence-corrected chi connectivity index (χ4v) is 3.32. The Labute approximate surface area is 147 Å². The zero-order chi connectivity index (χ0) is 17.2. The van der Waals surface area contributed by atoms with Crippen molar-refractivity contribution in [2.75, 3.05) is 19.1 Å². The molecule has 8 heteroatoms. The number of amides is 1. The summed E-state index contributed by atoms with van der Waals surface area (Å²) in [5.74, 6) is 1.55. The van der Waals surface area contributed by atoms with Gasteiger partial charge in [-0.2, -0.15) is 0 Å². The molecule has 0 spiro atoms. The van der Waals surface area contributed by atoms with Crippen LogP contribution in [0.4, 0.5) is 5.13 Å². The molecule has 0 radical (unpaired) electrons. The van der Waals surface area contributed by atoms with Crippen LogP contribution in [-0.4, -0.2) is 30.7 Å². The third-order valence-electron chi connectivity index (χ3n) is 3.70. The van der Waals surface area contributed by atoms with Crippen molar-refractivity contribution < 1.29 is 19.0 Å². The normalized spacial score (nSPS) is 15.6. The van der Waals surface area contributed by atoms with Gasteiger partial charge in [0, 0.05) is 0 Å². The van der Waals surface area contributed by atoms with Crippen LogP contribution in [0.25, 0.3) is 10.2 Å². The molecule has 2 aromatic carbocycles. The summed E-state index contributed by atoms with van der Waals surface area (Å²) < 4.78 is 17.5. The SMILES string of the molecule is COc1cccc2sc(NNC(=O)[C@@H]3COc4ccccc4O3)nc12. The number of fused-ring (bicyclic) bond motifs is 2. The monoisotopic (exact) mass is 357 g/mol. The zero-order valence-electron chi connectivity index (χ0n) is 13.3. The van der Waals surface area contributed by atoms with Crippen molar-refractivity contribution in [1.29, 1.82) is 0 Å². The number of hydrazine groups is 1. The van der Waals surface area contributed by atoms with E-state index < -0.39 is 6.10 Å². The van der Waals surface area contributed by atoms with Crippen molar-refractivity contribution in [1.82, 2.24) is 10.4 Å². The molecule has 3 aromatic rings. The predicted octanol–water partition coefficient (Wildman–Crippen LogP) is 2.59. The third-order valence-corrected chi connectivity index (χ3v) is 4.63. The Bertz CT molecular complexity index is 927. The van der Waals surface area contributed by atoms with Gasteiger partial charge < -0.3 is 14.2 Å². The number of ether oxygens (including phenoxy) is 3. The minimum Gasteiger partial charge on any atom is -0.494 e. The van der Waals surface area contributed by atoms with Crippen LogP contribution >= 0.6 is 11.3 Å². The highest BCUT2D eigenvalue weighted by atomic mass is 32.1. The molecule has 128 valence electrons.